The number of carbonyl (C=O) groups excluding carboxylic acids is 1. The van der Waals surface area contributed by atoms with Crippen LogP contribution in [0.2, 0.25) is 0 Å². The first-order valence-corrected chi connectivity index (χ1v) is 4.94. The molecule has 1 aliphatic rings. The summed E-state index contributed by atoms with van der Waals surface area (Å²) in [5, 5.41) is 6.15. The number of carbonyl (C=O) groups is 1. The van der Waals surface area contributed by atoms with E-state index in [2.05, 4.69) is 10.6 Å². The van der Waals surface area contributed by atoms with Crippen LogP contribution in [0.4, 0.5) is 0 Å². The predicted molar refractivity (Wildman–Crippen MR) is 52.3 cm³/mol. The molecule has 1 heterocycles. The molecule has 0 bridgehead atoms. The van der Waals surface area contributed by atoms with Crippen LogP contribution in [0.3, 0.4) is 0 Å². The fourth-order valence-electron chi connectivity index (χ4n) is 1.50. The lowest BCUT2D eigenvalue weighted by molar-refractivity contribution is -0.122. The van der Waals surface area contributed by atoms with Crippen molar-refractivity contribution in [1.29, 1.82) is 0 Å². The van der Waals surface area contributed by atoms with E-state index in [-0.39, 0.29) is 5.91 Å². The third kappa shape index (κ3) is 3.74. The Labute approximate surface area is 79.3 Å². The molecule has 4 heteroatoms. The Morgan fingerprint density at radius 3 is 3.08 bits per heavy atom. The van der Waals surface area contributed by atoms with E-state index in [1.54, 1.807) is 6.92 Å². The van der Waals surface area contributed by atoms with Crippen molar-refractivity contribution in [3.05, 3.63) is 0 Å². The second-order valence-corrected chi connectivity index (χ2v) is 3.75. The molecule has 0 spiro atoms. The van der Waals surface area contributed by atoms with Gasteiger partial charge < -0.3 is 16.4 Å². The highest BCUT2D eigenvalue weighted by Crippen LogP contribution is 2.07. The van der Waals surface area contributed by atoms with E-state index in [9.17, 15) is 4.79 Å². The van der Waals surface area contributed by atoms with Gasteiger partial charge in [-0.2, -0.15) is 0 Å². The standard InChI is InChI=1S/C9H19N3O/c1-7(10)9(13)12-6-8-3-2-4-11-5-8/h7-8,11H,2-6,10H2,1H3,(H,12,13). The van der Waals surface area contributed by atoms with Crippen molar-refractivity contribution in [2.24, 2.45) is 11.7 Å². The van der Waals surface area contributed by atoms with Crippen LogP contribution in [-0.2, 0) is 4.79 Å². The first kappa shape index (κ1) is 10.5. The van der Waals surface area contributed by atoms with Crippen molar-refractivity contribution in [1.82, 2.24) is 10.6 Å². The number of piperidine rings is 1. The molecule has 1 saturated heterocycles. The minimum atomic E-state index is -0.392. The van der Waals surface area contributed by atoms with Crippen LogP contribution >= 0.6 is 0 Å². The van der Waals surface area contributed by atoms with E-state index >= 15 is 0 Å². The van der Waals surface area contributed by atoms with Crippen LogP contribution in [-0.4, -0.2) is 31.6 Å². The van der Waals surface area contributed by atoms with Gasteiger partial charge in [0.25, 0.3) is 0 Å². The summed E-state index contributed by atoms with van der Waals surface area (Å²) in [6.07, 6.45) is 2.41. The Morgan fingerprint density at radius 2 is 2.54 bits per heavy atom. The monoisotopic (exact) mass is 185 g/mol. The van der Waals surface area contributed by atoms with Crippen molar-refractivity contribution in [3.63, 3.8) is 0 Å². The van der Waals surface area contributed by atoms with Crippen LogP contribution in [0, 0.1) is 5.92 Å². The second-order valence-electron chi connectivity index (χ2n) is 3.75. The third-order valence-electron chi connectivity index (χ3n) is 2.38. The van der Waals surface area contributed by atoms with Crippen LogP contribution in [0.5, 0.6) is 0 Å². The van der Waals surface area contributed by atoms with Gasteiger partial charge in [0.05, 0.1) is 6.04 Å². The number of amides is 1. The van der Waals surface area contributed by atoms with E-state index in [1.165, 1.54) is 12.8 Å². The van der Waals surface area contributed by atoms with Gasteiger partial charge >= 0.3 is 0 Å². The highest BCUT2D eigenvalue weighted by molar-refractivity contribution is 5.80. The van der Waals surface area contributed by atoms with Crippen LogP contribution in [0.15, 0.2) is 0 Å². The molecule has 0 aromatic heterocycles. The fraction of sp³-hybridized carbons (Fsp3) is 0.889. The summed E-state index contributed by atoms with van der Waals surface area (Å²) in [5.74, 6) is 0.530. The fourth-order valence-corrected chi connectivity index (χ4v) is 1.50. The summed E-state index contributed by atoms with van der Waals surface area (Å²) in [7, 11) is 0. The van der Waals surface area contributed by atoms with Crippen molar-refractivity contribution < 1.29 is 4.79 Å². The molecule has 0 aromatic carbocycles. The van der Waals surface area contributed by atoms with Gasteiger partial charge in [0.2, 0.25) is 5.91 Å². The van der Waals surface area contributed by atoms with Crippen molar-refractivity contribution >= 4 is 5.91 Å². The van der Waals surface area contributed by atoms with Crippen LogP contribution < -0.4 is 16.4 Å². The molecule has 2 atom stereocenters. The number of hydrogen-bond donors (Lipinski definition) is 3. The van der Waals surface area contributed by atoms with Gasteiger partial charge in [0.1, 0.15) is 0 Å². The van der Waals surface area contributed by atoms with E-state index in [0.29, 0.717) is 5.92 Å². The zero-order valence-electron chi connectivity index (χ0n) is 8.18. The molecule has 0 saturated carbocycles. The summed E-state index contributed by atoms with van der Waals surface area (Å²) in [5.41, 5.74) is 5.42. The lowest BCUT2D eigenvalue weighted by Gasteiger charge is -2.23. The summed E-state index contributed by atoms with van der Waals surface area (Å²) < 4.78 is 0. The zero-order valence-corrected chi connectivity index (χ0v) is 8.18. The van der Waals surface area contributed by atoms with Gasteiger partial charge in [-0.05, 0) is 38.8 Å². The lowest BCUT2D eigenvalue weighted by atomic mass is 10.00. The molecule has 4 N–H and O–H groups in total. The maximum atomic E-state index is 11.1. The molecule has 0 aliphatic carbocycles. The molecular formula is C9H19N3O. The van der Waals surface area contributed by atoms with E-state index < -0.39 is 6.04 Å². The molecule has 13 heavy (non-hydrogen) atoms. The summed E-state index contributed by atoms with van der Waals surface area (Å²) >= 11 is 0. The van der Waals surface area contributed by atoms with E-state index in [1.807, 2.05) is 0 Å². The highest BCUT2D eigenvalue weighted by atomic mass is 16.2. The minimum absolute atomic E-state index is 0.0504. The van der Waals surface area contributed by atoms with Gasteiger partial charge in [-0.25, -0.2) is 0 Å². The zero-order chi connectivity index (χ0) is 9.68. The normalized spacial score (nSPS) is 25.2. The maximum Gasteiger partial charge on any atom is 0.236 e. The highest BCUT2D eigenvalue weighted by Gasteiger charge is 2.14. The molecule has 0 radical (unpaired) electrons. The largest absolute Gasteiger partial charge is 0.354 e. The van der Waals surface area contributed by atoms with Crippen molar-refractivity contribution in [3.8, 4) is 0 Å². The average molecular weight is 185 g/mol. The quantitative estimate of drug-likeness (QED) is 0.552. The molecule has 1 amide bonds. The topological polar surface area (TPSA) is 67.2 Å². The Morgan fingerprint density at radius 1 is 1.77 bits per heavy atom. The van der Waals surface area contributed by atoms with Gasteiger partial charge in [0, 0.05) is 6.54 Å². The van der Waals surface area contributed by atoms with Crippen molar-refractivity contribution in [2.45, 2.75) is 25.8 Å². The van der Waals surface area contributed by atoms with Crippen LogP contribution in [0.1, 0.15) is 19.8 Å². The molecule has 1 fully saturated rings. The lowest BCUT2D eigenvalue weighted by Crippen LogP contribution is -2.43. The molecule has 0 aromatic rings. The number of rotatable bonds is 3. The van der Waals surface area contributed by atoms with Crippen LogP contribution in [0.25, 0.3) is 0 Å². The Bertz CT molecular complexity index is 164. The molecule has 1 rings (SSSR count). The SMILES string of the molecule is CC(N)C(=O)NCC1CCCNC1. The van der Waals surface area contributed by atoms with E-state index in [0.717, 1.165) is 19.6 Å². The first-order chi connectivity index (χ1) is 6.20. The van der Waals surface area contributed by atoms with Gasteiger partial charge in [0.15, 0.2) is 0 Å². The average Bonchev–Trinajstić information content (AvgIpc) is 2.15. The Hall–Kier alpha value is -0.610. The predicted octanol–water partition coefficient (Wildman–Crippen LogP) is -0.551. The molecule has 1 aliphatic heterocycles. The third-order valence-corrected chi connectivity index (χ3v) is 2.38. The second kappa shape index (κ2) is 5.19. The van der Waals surface area contributed by atoms with Gasteiger partial charge in [-0.1, -0.05) is 0 Å². The summed E-state index contributed by atoms with van der Waals surface area (Å²) in [4.78, 5) is 11.1. The summed E-state index contributed by atoms with van der Waals surface area (Å²) in [6, 6.07) is -0.392. The first-order valence-electron chi connectivity index (χ1n) is 4.94. The van der Waals surface area contributed by atoms with Crippen molar-refractivity contribution in [2.75, 3.05) is 19.6 Å². The number of hydrogen-bond acceptors (Lipinski definition) is 3. The molecule has 2 unspecified atom stereocenters. The minimum Gasteiger partial charge on any atom is -0.354 e. The smallest absolute Gasteiger partial charge is 0.236 e. The number of nitrogens with two attached hydrogens (primary N) is 1. The van der Waals surface area contributed by atoms with Gasteiger partial charge in [-0.15, -0.1) is 0 Å². The Kier molecular flexibility index (Phi) is 4.18. The molecule has 4 nitrogen and oxygen atoms in total. The van der Waals surface area contributed by atoms with E-state index in [4.69, 9.17) is 5.73 Å². The number of nitrogens with one attached hydrogen (secondary N) is 2. The summed E-state index contributed by atoms with van der Waals surface area (Å²) in [6.45, 7) is 4.58. The maximum absolute atomic E-state index is 11.1. The molecule has 76 valence electrons. The molecular weight excluding hydrogens is 166 g/mol. The Balaban J connectivity index is 2.13. The van der Waals surface area contributed by atoms with Gasteiger partial charge in [-0.3, -0.25) is 4.79 Å².